The van der Waals surface area contributed by atoms with E-state index in [0.717, 1.165) is 74.0 Å². The maximum atomic E-state index is 13.5. The Bertz CT molecular complexity index is 847. The standard InChI is InChI=1S/C41H70O4/c1-3-5-10-31-15-19-33(20-16-31)34-21-25-37(26-22-34)40(42)44-29-39(36-11-7-6-8-12-36)45-41(43)38-27-23-35(24-28-38)32-17-13-30(9-4-2)14-18-32/h30-39H,3-29H2,1-2H3. The molecule has 0 spiro atoms. The van der Waals surface area contributed by atoms with Crippen LogP contribution in [0.2, 0.25) is 0 Å². The Kier molecular flexibility index (Phi) is 14.5. The van der Waals surface area contributed by atoms with Crippen LogP contribution in [0.3, 0.4) is 0 Å². The number of rotatable bonds is 13. The zero-order valence-electron chi connectivity index (χ0n) is 29.5. The van der Waals surface area contributed by atoms with E-state index in [0.29, 0.717) is 5.92 Å². The minimum atomic E-state index is -0.257. The predicted molar refractivity (Wildman–Crippen MR) is 184 cm³/mol. The summed E-state index contributed by atoms with van der Waals surface area (Å²) >= 11 is 0. The molecule has 0 aromatic heterocycles. The van der Waals surface area contributed by atoms with Crippen molar-refractivity contribution < 1.29 is 19.1 Å². The molecule has 0 amide bonds. The molecular formula is C41H70O4. The van der Waals surface area contributed by atoms with Crippen LogP contribution in [0.5, 0.6) is 0 Å². The normalized spacial score (nSPS) is 35.8. The highest BCUT2D eigenvalue weighted by Gasteiger charge is 2.37. The summed E-state index contributed by atoms with van der Waals surface area (Å²) in [6.45, 7) is 4.90. The minimum Gasteiger partial charge on any atom is -0.462 e. The van der Waals surface area contributed by atoms with Crippen LogP contribution >= 0.6 is 0 Å². The lowest BCUT2D eigenvalue weighted by Gasteiger charge is -2.38. The van der Waals surface area contributed by atoms with Crippen molar-refractivity contribution in [3.05, 3.63) is 0 Å². The molecule has 1 unspecified atom stereocenters. The van der Waals surface area contributed by atoms with Crippen LogP contribution < -0.4 is 0 Å². The smallest absolute Gasteiger partial charge is 0.309 e. The van der Waals surface area contributed by atoms with Gasteiger partial charge in [-0.2, -0.15) is 0 Å². The highest BCUT2D eigenvalue weighted by atomic mass is 16.6. The molecule has 4 heteroatoms. The van der Waals surface area contributed by atoms with E-state index < -0.39 is 0 Å². The Morgan fingerprint density at radius 1 is 0.533 bits per heavy atom. The predicted octanol–water partition coefficient (Wildman–Crippen LogP) is 11.2. The molecule has 5 aliphatic carbocycles. The van der Waals surface area contributed by atoms with E-state index >= 15 is 0 Å². The number of carbonyl (C=O) groups is 2. The van der Waals surface area contributed by atoms with E-state index in [2.05, 4.69) is 13.8 Å². The molecule has 0 radical (unpaired) electrons. The van der Waals surface area contributed by atoms with E-state index in [1.807, 2.05) is 0 Å². The first-order valence-corrected chi connectivity index (χ1v) is 20.4. The van der Waals surface area contributed by atoms with Gasteiger partial charge >= 0.3 is 11.9 Å². The van der Waals surface area contributed by atoms with E-state index in [4.69, 9.17) is 9.47 Å². The van der Waals surface area contributed by atoms with Crippen molar-refractivity contribution in [2.75, 3.05) is 6.61 Å². The van der Waals surface area contributed by atoms with Gasteiger partial charge in [0.1, 0.15) is 12.7 Å². The van der Waals surface area contributed by atoms with Crippen molar-refractivity contribution in [2.24, 2.45) is 53.3 Å². The van der Waals surface area contributed by atoms with Crippen LogP contribution in [0.25, 0.3) is 0 Å². The molecule has 0 aromatic carbocycles. The van der Waals surface area contributed by atoms with Crippen molar-refractivity contribution in [1.29, 1.82) is 0 Å². The lowest BCUT2D eigenvalue weighted by molar-refractivity contribution is -0.170. The molecule has 5 fully saturated rings. The van der Waals surface area contributed by atoms with Gasteiger partial charge in [0.05, 0.1) is 11.8 Å². The first-order chi connectivity index (χ1) is 22.0. The molecule has 0 bridgehead atoms. The van der Waals surface area contributed by atoms with Crippen molar-refractivity contribution >= 4 is 11.9 Å². The molecule has 0 aromatic rings. The Labute approximate surface area is 277 Å². The summed E-state index contributed by atoms with van der Waals surface area (Å²) in [4.78, 5) is 26.8. The topological polar surface area (TPSA) is 52.6 Å². The molecule has 258 valence electrons. The quantitative estimate of drug-likeness (QED) is 0.191. The van der Waals surface area contributed by atoms with E-state index in [1.165, 1.54) is 128 Å². The van der Waals surface area contributed by atoms with Crippen molar-refractivity contribution in [1.82, 2.24) is 0 Å². The monoisotopic (exact) mass is 627 g/mol. The number of hydrogen-bond acceptors (Lipinski definition) is 4. The second kappa shape index (κ2) is 18.5. The van der Waals surface area contributed by atoms with Gasteiger partial charge in [0.15, 0.2) is 0 Å². The average molecular weight is 627 g/mol. The van der Waals surface area contributed by atoms with Gasteiger partial charge in [-0.15, -0.1) is 0 Å². The second-order valence-corrected chi connectivity index (χ2v) is 16.7. The minimum absolute atomic E-state index is 0.00310. The largest absolute Gasteiger partial charge is 0.462 e. The van der Waals surface area contributed by atoms with Gasteiger partial charge in [-0.3, -0.25) is 9.59 Å². The van der Waals surface area contributed by atoms with E-state index in [9.17, 15) is 9.59 Å². The van der Waals surface area contributed by atoms with Gasteiger partial charge in [0, 0.05) is 0 Å². The van der Waals surface area contributed by atoms with Gasteiger partial charge in [-0.25, -0.2) is 0 Å². The molecule has 5 rings (SSSR count). The van der Waals surface area contributed by atoms with E-state index in [-0.39, 0.29) is 36.5 Å². The molecule has 1 atom stereocenters. The van der Waals surface area contributed by atoms with Crippen LogP contribution in [-0.4, -0.2) is 24.6 Å². The summed E-state index contributed by atoms with van der Waals surface area (Å²) in [5.41, 5.74) is 0. The Morgan fingerprint density at radius 2 is 1.00 bits per heavy atom. The van der Waals surface area contributed by atoms with Gasteiger partial charge in [0.2, 0.25) is 0 Å². The van der Waals surface area contributed by atoms with Crippen molar-refractivity contribution in [3.63, 3.8) is 0 Å². The molecule has 5 aliphatic rings. The highest BCUT2D eigenvalue weighted by Crippen LogP contribution is 2.44. The number of ether oxygens (including phenoxy) is 2. The van der Waals surface area contributed by atoms with Gasteiger partial charge in [-0.05, 0) is 131 Å². The second-order valence-electron chi connectivity index (χ2n) is 16.7. The highest BCUT2D eigenvalue weighted by molar-refractivity contribution is 5.73. The maximum absolute atomic E-state index is 13.5. The van der Waals surface area contributed by atoms with Crippen LogP contribution in [0, 0.1) is 53.3 Å². The van der Waals surface area contributed by atoms with Crippen LogP contribution in [-0.2, 0) is 19.1 Å². The third-order valence-corrected chi connectivity index (χ3v) is 13.8. The molecule has 45 heavy (non-hydrogen) atoms. The third kappa shape index (κ3) is 10.5. The maximum Gasteiger partial charge on any atom is 0.309 e. The third-order valence-electron chi connectivity index (χ3n) is 13.8. The Hall–Kier alpha value is -1.06. The summed E-state index contributed by atoms with van der Waals surface area (Å²) in [7, 11) is 0. The summed E-state index contributed by atoms with van der Waals surface area (Å²) in [6.07, 6.45) is 32.5. The van der Waals surface area contributed by atoms with Crippen molar-refractivity contribution in [3.8, 4) is 0 Å². The van der Waals surface area contributed by atoms with Gasteiger partial charge in [-0.1, -0.05) is 90.9 Å². The Morgan fingerprint density at radius 3 is 1.49 bits per heavy atom. The molecule has 5 saturated carbocycles. The molecule has 0 saturated heterocycles. The number of esters is 2. The van der Waals surface area contributed by atoms with Gasteiger partial charge < -0.3 is 9.47 Å². The SMILES string of the molecule is CCCCC1CCC(C2CCC(C(=O)OCC(OC(=O)C3CCC(C4CCC(CCC)CC4)CC3)C3CCCCC3)CC2)CC1. The van der Waals surface area contributed by atoms with Crippen molar-refractivity contribution in [2.45, 2.75) is 187 Å². The average Bonchev–Trinajstić information content (AvgIpc) is 3.10. The molecule has 0 N–H and O–H groups in total. The fourth-order valence-corrected chi connectivity index (χ4v) is 10.8. The molecule has 0 heterocycles. The first-order valence-electron chi connectivity index (χ1n) is 20.4. The number of unbranched alkanes of at least 4 members (excludes halogenated alkanes) is 1. The summed E-state index contributed by atoms with van der Waals surface area (Å²) < 4.78 is 12.3. The van der Waals surface area contributed by atoms with E-state index in [1.54, 1.807) is 0 Å². The first kappa shape index (κ1) is 35.3. The van der Waals surface area contributed by atoms with Crippen LogP contribution in [0.4, 0.5) is 0 Å². The fraction of sp³-hybridized carbons (Fsp3) is 0.951. The summed E-state index contributed by atoms with van der Waals surface area (Å²) in [5, 5.41) is 0. The Balaban J connectivity index is 1.03. The number of hydrogen-bond donors (Lipinski definition) is 0. The zero-order chi connectivity index (χ0) is 31.4. The summed E-state index contributed by atoms with van der Waals surface area (Å²) in [5.74, 6) is 5.69. The lowest BCUT2D eigenvalue weighted by Crippen LogP contribution is -2.38. The van der Waals surface area contributed by atoms with Crippen LogP contribution in [0.15, 0.2) is 0 Å². The summed E-state index contributed by atoms with van der Waals surface area (Å²) in [6, 6.07) is 0. The van der Waals surface area contributed by atoms with Gasteiger partial charge in [0.25, 0.3) is 0 Å². The molecule has 4 nitrogen and oxygen atoms in total. The molecular weight excluding hydrogens is 556 g/mol. The lowest BCUT2D eigenvalue weighted by atomic mass is 9.68. The molecule has 0 aliphatic heterocycles. The van der Waals surface area contributed by atoms with Crippen LogP contribution in [0.1, 0.15) is 181 Å². The zero-order valence-corrected chi connectivity index (χ0v) is 29.5. The number of carbonyl (C=O) groups excluding carboxylic acids is 2. The fourth-order valence-electron chi connectivity index (χ4n) is 10.8.